The molecule has 1 saturated heterocycles. The number of aliphatic carboxylic acids is 1. The molecule has 0 aromatic heterocycles. The van der Waals surface area contributed by atoms with Gasteiger partial charge in [0.2, 0.25) is 0 Å². The van der Waals surface area contributed by atoms with Gasteiger partial charge < -0.3 is 5.11 Å². The van der Waals surface area contributed by atoms with Crippen molar-refractivity contribution < 1.29 is 9.90 Å². The van der Waals surface area contributed by atoms with Crippen molar-refractivity contribution in [3.8, 4) is 0 Å². The van der Waals surface area contributed by atoms with E-state index < -0.39 is 5.97 Å². The number of hydrogen-bond acceptors (Lipinski definition) is 2. The first-order valence-corrected chi connectivity index (χ1v) is 6.73. The molecule has 4 atom stereocenters. The number of rotatable bonds is 3. The molecule has 2 aliphatic rings. The lowest BCUT2D eigenvalue weighted by molar-refractivity contribution is -0.146. The second-order valence-corrected chi connectivity index (χ2v) is 5.54. The van der Waals surface area contributed by atoms with E-state index in [-0.39, 0.29) is 12.1 Å². The van der Waals surface area contributed by atoms with Crippen LogP contribution in [0.2, 0.25) is 0 Å². The largest absolute Gasteiger partial charge is 0.480 e. The highest BCUT2D eigenvalue weighted by Gasteiger charge is 2.50. The average Bonchev–Trinajstić information content (AvgIpc) is 2.99. The molecule has 3 heteroatoms. The molecule has 96 valence electrons. The summed E-state index contributed by atoms with van der Waals surface area (Å²) < 4.78 is 0. The van der Waals surface area contributed by atoms with Crippen molar-refractivity contribution in [2.24, 2.45) is 5.92 Å². The molecule has 1 heterocycles. The quantitative estimate of drug-likeness (QED) is 0.890. The minimum atomic E-state index is -0.648. The summed E-state index contributed by atoms with van der Waals surface area (Å²) in [5, 5.41) is 9.46. The van der Waals surface area contributed by atoms with Crippen LogP contribution in [0.4, 0.5) is 0 Å². The van der Waals surface area contributed by atoms with E-state index in [2.05, 4.69) is 24.0 Å². The maximum Gasteiger partial charge on any atom is 0.321 e. The topological polar surface area (TPSA) is 40.5 Å². The van der Waals surface area contributed by atoms with Gasteiger partial charge in [-0.25, -0.2) is 0 Å². The molecule has 2 bridgehead atoms. The van der Waals surface area contributed by atoms with Gasteiger partial charge in [-0.05, 0) is 37.7 Å². The number of nitrogens with zero attached hydrogens (tertiary/aromatic N) is 1. The van der Waals surface area contributed by atoms with Crippen molar-refractivity contribution in [1.29, 1.82) is 0 Å². The maximum atomic E-state index is 11.5. The second-order valence-electron chi connectivity index (χ2n) is 5.54. The Balaban J connectivity index is 1.89. The van der Waals surface area contributed by atoms with Gasteiger partial charge in [0.15, 0.2) is 0 Å². The summed E-state index contributed by atoms with van der Waals surface area (Å²) in [6.07, 6.45) is 3.30. The zero-order valence-corrected chi connectivity index (χ0v) is 10.6. The minimum Gasteiger partial charge on any atom is -0.480 e. The summed E-state index contributed by atoms with van der Waals surface area (Å²) in [7, 11) is 0. The lowest BCUT2D eigenvalue weighted by Crippen LogP contribution is -2.46. The monoisotopic (exact) mass is 245 g/mol. The highest BCUT2D eigenvalue weighted by Crippen LogP contribution is 2.46. The van der Waals surface area contributed by atoms with E-state index in [1.807, 2.05) is 18.2 Å². The molecule has 0 spiro atoms. The zero-order chi connectivity index (χ0) is 12.7. The summed E-state index contributed by atoms with van der Waals surface area (Å²) in [5.41, 5.74) is 1.22. The van der Waals surface area contributed by atoms with Crippen LogP contribution in [0.3, 0.4) is 0 Å². The van der Waals surface area contributed by atoms with E-state index in [0.29, 0.717) is 12.0 Å². The Morgan fingerprint density at radius 2 is 2.06 bits per heavy atom. The lowest BCUT2D eigenvalue weighted by atomic mass is 9.96. The van der Waals surface area contributed by atoms with E-state index in [1.54, 1.807) is 0 Å². The Morgan fingerprint density at radius 1 is 1.33 bits per heavy atom. The predicted octanol–water partition coefficient (Wildman–Crippen LogP) is 2.69. The third-order valence-electron chi connectivity index (χ3n) is 4.62. The molecule has 3 nitrogen and oxygen atoms in total. The fourth-order valence-corrected chi connectivity index (χ4v) is 3.81. The number of fused-ring (bicyclic) bond motifs is 2. The van der Waals surface area contributed by atoms with Crippen LogP contribution in [0, 0.1) is 5.92 Å². The molecular formula is C15H19NO2. The van der Waals surface area contributed by atoms with Gasteiger partial charge in [0.25, 0.3) is 0 Å². The Kier molecular flexibility index (Phi) is 2.86. The fraction of sp³-hybridized carbons (Fsp3) is 0.533. The number of likely N-dealkylation sites (tertiary alicyclic amines) is 1. The molecule has 1 N–H and O–H groups in total. The predicted molar refractivity (Wildman–Crippen MR) is 69.2 cm³/mol. The molecule has 3 rings (SSSR count). The van der Waals surface area contributed by atoms with Crippen LogP contribution < -0.4 is 0 Å². The highest BCUT2D eigenvalue weighted by atomic mass is 16.4. The molecule has 1 aromatic carbocycles. The van der Waals surface area contributed by atoms with Crippen molar-refractivity contribution >= 4 is 5.97 Å². The Bertz CT molecular complexity index is 445. The van der Waals surface area contributed by atoms with Crippen LogP contribution in [0.5, 0.6) is 0 Å². The summed E-state index contributed by atoms with van der Waals surface area (Å²) in [6, 6.07) is 10.6. The number of carbonyl (C=O) groups is 1. The smallest absolute Gasteiger partial charge is 0.321 e. The first-order valence-electron chi connectivity index (χ1n) is 6.73. The number of hydrogen-bond donors (Lipinski definition) is 1. The van der Waals surface area contributed by atoms with Gasteiger partial charge in [-0.2, -0.15) is 0 Å². The Morgan fingerprint density at radius 3 is 2.72 bits per heavy atom. The van der Waals surface area contributed by atoms with Gasteiger partial charge in [-0.15, -0.1) is 0 Å². The number of carboxylic acids is 1. The lowest BCUT2D eigenvalue weighted by Gasteiger charge is -2.37. The highest BCUT2D eigenvalue weighted by molar-refractivity contribution is 5.75. The van der Waals surface area contributed by atoms with Crippen molar-refractivity contribution in [3.05, 3.63) is 35.9 Å². The van der Waals surface area contributed by atoms with Crippen LogP contribution in [0.25, 0.3) is 0 Å². The van der Waals surface area contributed by atoms with E-state index in [1.165, 1.54) is 5.56 Å². The number of carboxylic acid groups (broad SMARTS) is 1. The van der Waals surface area contributed by atoms with Crippen molar-refractivity contribution in [3.63, 3.8) is 0 Å². The van der Waals surface area contributed by atoms with Gasteiger partial charge in [0.05, 0.1) is 0 Å². The first-order chi connectivity index (χ1) is 8.68. The number of benzene rings is 1. The molecular weight excluding hydrogens is 226 g/mol. The number of piperidine rings is 1. The van der Waals surface area contributed by atoms with Gasteiger partial charge in [-0.3, -0.25) is 9.69 Å². The molecule has 0 amide bonds. The normalized spacial score (nSPS) is 32.6. The van der Waals surface area contributed by atoms with Crippen LogP contribution in [-0.4, -0.2) is 28.1 Å². The summed E-state index contributed by atoms with van der Waals surface area (Å²) in [5.74, 6) is -0.288. The van der Waals surface area contributed by atoms with Crippen molar-refractivity contribution in [1.82, 2.24) is 4.90 Å². The third kappa shape index (κ3) is 1.74. The summed E-state index contributed by atoms with van der Waals surface area (Å²) >= 11 is 0. The van der Waals surface area contributed by atoms with Gasteiger partial charge >= 0.3 is 5.97 Å². The molecule has 2 fully saturated rings. The van der Waals surface area contributed by atoms with Gasteiger partial charge in [0.1, 0.15) is 6.04 Å². The fourth-order valence-electron chi connectivity index (χ4n) is 3.81. The molecule has 18 heavy (non-hydrogen) atoms. The van der Waals surface area contributed by atoms with E-state index in [9.17, 15) is 9.90 Å². The first kappa shape index (κ1) is 11.7. The van der Waals surface area contributed by atoms with Crippen molar-refractivity contribution in [2.75, 3.05) is 0 Å². The third-order valence-corrected chi connectivity index (χ3v) is 4.62. The SMILES string of the molecule is C[C@@H](c1ccccc1)N1[C@H]2CC[C@@H](C2)[C@H]1C(=O)O. The Labute approximate surface area is 107 Å². The molecule has 1 aliphatic heterocycles. The zero-order valence-electron chi connectivity index (χ0n) is 10.6. The van der Waals surface area contributed by atoms with Gasteiger partial charge in [-0.1, -0.05) is 30.3 Å². The second kappa shape index (κ2) is 4.39. The molecule has 1 aliphatic carbocycles. The molecule has 0 unspecified atom stereocenters. The molecule has 0 radical (unpaired) electrons. The molecule has 1 saturated carbocycles. The van der Waals surface area contributed by atoms with Crippen molar-refractivity contribution in [2.45, 2.75) is 44.3 Å². The molecule has 1 aromatic rings. The van der Waals surface area contributed by atoms with Crippen LogP contribution in [-0.2, 0) is 4.79 Å². The summed E-state index contributed by atoms with van der Waals surface area (Å²) in [4.78, 5) is 13.7. The van der Waals surface area contributed by atoms with Crippen LogP contribution in [0.15, 0.2) is 30.3 Å². The van der Waals surface area contributed by atoms with Crippen LogP contribution >= 0.6 is 0 Å². The van der Waals surface area contributed by atoms with E-state index in [0.717, 1.165) is 19.3 Å². The standard InChI is InChI=1S/C15H19NO2/c1-10(11-5-3-2-4-6-11)16-13-8-7-12(9-13)14(16)15(17)18/h2-6,10,12-14H,7-9H2,1H3,(H,17,18)/t10-,12-,13-,14-/m0/s1. The summed E-state index contributed by atoms with van der Waals surface area (Å²) in [6.45, 7) is 2.13. The van der Waals surface area contributed by atoms with E-state index in [4.69, 9.17) is 0 Å². The maximum absolute atomic E-state index is 11.5. The Hall–Kier alpha value is -1.35. The average molecular weight is 245 g/mol. The minimum absolute atomic E-state index is 0.197. The van der Waals surface area contributed by atoms with Crippen LogP contribution in [0.1, 0.15) is 37.8 Å². The van der Waals surface area contributed by atoms with Gasteiger partial charge in [0, 0.05) is 12.1 Å². The van der Waals surface area contributed by atoms with E-state index >= 15 is 0 Å².